The minimum Gasteiger partial charge on any atom is -0.395 e. The summed E-state index contributed by atoms with van der Waals surface area (Å²) in [6.45, 7) is 0.786. The van der Waals surface area contributed by atoms with E-state index in [0.29, 0.717) is 12.6 Å². The average molecular weight is 236 g/mol. The Morgan fingerprint density at radius 3 is 2.82 bits per heavy atom. The first-order valence-electron chi connectivity index (χ1n) is 6.22. The fourth-order valence-corrected chi connectivity index (χ4v) is 2.42. The van der Waals surface area contributed by atoms with Gasteiger partial charge in [-0.3, -0.25) is 4.98 Å². The van der Waals surface area contributed by atoms with Crippen LogP contribution in [0.1, 0.15) is 25.7 Å². The Balaban J connectivity index is 2.18. The number of hydrogen-bond donors (Lipinski definition) is 2. The summed E-state index contributed by atoms with van der Waals surface area (Å²) in [7, 11) is 1.83. The van der Waals surface area contributed by atoms with E-state index < -0.39 is 0 Å². The lowest BCUT2D eigenvalue weighted by Gasteiger charge is -2.29. The van der Waals surface area contributed by atoms with Crippen molar-refractivity contribution in [3.63, 3.8) is 0 Å². The molecule has 17 heavy (non-hydrogen) atoms. The number of hydrogen-bond acceptors (Lipinski definition) is 5. The summed E-state index contributed by atoms with van der Waals surface area (Å²) in [4.78, 5) is 10.9. The van der Waals surface area contributed by atoms with Crippen LogP contribution in [0.2, 0.25) is 0 Å². The van der Waals surface area contributed by atoms with E-state index in [0.717, 1.165) is 11.6 Å². The maximum atomic E-state index is 9.18. The van der Waals surface area contributed by atoms with E-state index in [2.05, 4.69) is 20.2 Å². The Labute approximate surface area is 102 Å². The molecule has 94 valence electrons. The Hall–Kier alpha value is -1.36. The minimum atomic E-state index is 0.155. The normalized spacial score (nSPS) is 16.1. The molecule has 1 aliphatic carbocycles. The van der Waals surface area contributed by atoms with E-state index in [4.69, 9.17) is 0 Å². The van der Waals surface area contributed by atoms with E-state index in [9.17, 15) is 5.11 Å². The van der Waals surface area contributed by atoms with Crippen molar-refractivity contribution in [3.8, 4) is 0 Å². The highest BCUT2D eigenvalue weighted by Crippen LogP contribution is 2.26. The van der Waals surface area contributed by atoms with Crippen LogP contribution in [-0.4, -0.2) is 41.3 Å². The van der Waals surface area contributed by atoms with Crippen molar-refractivity contribution in [1.29, 1.82) is 0 Å². The molecule has 5 heteroatoms. The molecule has 0 aliphatic heterocycles. The van der Waals surface area contributed by atoms with Crippen LogP contribution in [0.15, 0.2) is 12.4 Å². The summed E-state index contributed by atoms with van der Waals surface area (Å²) >= 11 is 0. The Kier molecular flexibility index (Phi) is 4.14. The molecule has 1 aliphatic rings. The molecule has 5 nitrogen and oxygen atoms in total. The van der Waals surface area contributed by atoms with Crippen LogP contribution >= 0.6 is 0 Å². The number of aliphatic hydroxyl groups is 1. The summed E-state index contributed by atoms with van der Waals surface area (Å²) in [6.07, 6.45) is 8.39. The van der Waals surface area contributed by atoms with Crippen LogP contribution in [0, 0.1) is 0 Å². The third kappa shape index (κ3) is 2.85. The standard InChI is InChI=1S/C12H20N4O/c1-13-11-8-14-9-12(15-11)16(6-7-17)10-4-2-3-5-10/h8-10,17H,2-7H2,1H3,(H,13,15). The van der Waals surface area contributed by atoms with Crippen molar-refractivity contribution in [2.45, 2.75) is 31.7 Å². The molecule has 0 unspecified atom stereocenters. The number of aliphatic hydroxyl groups excluding tert-OH is 1. The number of rotatable bonds is 5. The Morgan fingerprint density at radius 2 is 2.18 bits per heavy atom. The quantitative estimate of drug-likeness (QED) is 0.806. The molecule has 0 aromatic carbocycles. The largest absolute Gasteiger partial charge is 0.395 e. The van der Waals surface area contributed by atoms with Gasteiger partial charge >= 0.3 is 0 Å². The molecule has 2 rings (SSSR count). The fourth-order valence-electron chi connectivity index (χ4n) is 2.42. The second-order valence-corrected chi connectivity index (χ2v) is 4.37. The lowest BCUT2D eigenvalue weighted by molar-refractivity contribution is 0.297. The van der Waals surface area contributed by atoms with Gasteiger partial charge in [-0.05, 0) is 12.8 Å². The van der Waals surface area contributed by atoms with E-state index >= 15 is 0 Å². The summed E-state index contributed by atoms with van der Waals surface area (Å²) in [5, 5.41) is 12.2. The third-order valence-electron chi connectivity index (χ3n) is 3.28. The maximum Gasteiger partial charge on any atom is 0.149 e. The number of anilines is 2. The lowest BCUT2D eigenvalue weighted by atomic mass is 10.2. The molecular weight excluding hydrogens is 216 g/mol. The molecule has 0 amide bonds. The molecule has 1 fully saturated rings. The molecular formula is C12H20N4O. The SMILES string of the molecule is CNc1cncc(N(CCO)C2CCCC2)n1. The maximum absolute atomic E-state index is 9.18. The zero-order valence-corrected chi connectivity index (χ0v) is 10.3. The Morgan fingerprint density at radius 1 is 1.41 bits per heavy atom. The van der Waals surface area contributed by atoms with Crippen LogP contribution in [0.5, 0.6) is 0 Å². The van der Waals surface area contributed by atoms with Gasteiger partial charge in [0.05, 0.1) is 19.0 Å². The van der Waals surface area contributed by atoms with Crippen molar-refractivity contribution in [2.75, 3.05) is 30.4 Å². The van der Waals surface area contributed by atoms with Gasteiger partial charge in [-0.1, -0.05) is 12.8 Å². The number of aromatic nitrogens is 2. The summed E-state index contributed by atoms with van der Waals surface area (Å²) < 4.78 is 0. The predicted octanol–water partition coefficient (Wildman–Crippen LogP) is 1.26. The smallest absolute Gasteiger partial charge is 0.149 e. The van der Waals surface area contributed by atoms with Crippen molar-refractivity contribution in [3.05, 3.63) is 12.4 Å². The molecule has 1 aromatic rings. The van der Waals surface area contributed by atoms with E-state index in [1.165, 1.54) is 25.7 Å². The van der Waals surface area contributed by atoms with Crippen LogP contribution in [0.3, 0.4) is 0 Å². The van der Waals surface area contributed by atoms with Crippen molar-refractivity contribution in [1.82, 2.24) is 9.97 Å². The summed E-state index contributed by atoms with van der Waals surface area (Å²) in [5.41, 5.74) is 0. The zero-order chi connectivity index (χ0) is 12.1. The molecule has 0 bridgehead atoms. The van der Waals surface area contributed by atoms with Gasteiger partial charge in [0.15, 0.2) is 0 Å². The highest BCUT2D eigenvalue weighted by molar-refractivity contribution is 5.44. The summed E-state index contributed by atoms with van der Waals surface area (Å²) in [5.74, 6) is 1.63. The predicted molar refractivity (Wildman–Crippen MR) is 68.3 cm³/mol. The topological polar surface area (TPSA) is 61.3 Å². The number of nitrogens with zero attached hydrogens (tertiary/aromatic N) is 3. The van der Waals surface area contributed by atoms with Crippen molar-refractivity contribution in [2.24, 2.45) is 0 Å². The highest BCUT2D eigenvalue weighted by atomic mass is 16.3. The lowest BCUT2D eigenvalue weighted by Crippen LogP contribution is -2.36. The molecule has 0 atom stereocenters. The molecule has 1 aromatic heterocycles. The van der Waals surface area contributed by atoms with Crippen molar-refractivity contribution >= 4 is 11.6 Å². The van der Waals surface area contributed by atoms with Gasteiger partial charge in [0.2, 0.25) is 0 Å². The van der Waals surface area contributed by atoms with Gasteiger partial charge in [0, 0.05) is 19.6 Å². The first-order valence-corrected chi connectivity index (χ1v) is 6.22. The molecule has 0 spiro atoms. The monoisotopic (exact) mass is 236 g/mol. The molecule has 0 radical (unpaired) electrons. The van der Waals surface area contributed by atoms with Gasteiger partial charge in [-0.15, -0.1) is 0 Å². The first kappa shape index (κ1) is 12.1. The fraction of sp³-hybridized carbons (Fsp3) is 0.667. The van der Waals surface area contributed by atoms with Crippen LogP contribution in [-0.2, 0) is 0 Å². The van der Waals surface area contributed by atoms with Crippen LogP contribution in [0.25, 0.3) is 0 Å². The average Bonchev–Trinajstić information content (AvgIpc) is 2.89. The third-order valence-corrected chi connectivity index (χ3v) is 3.28. The molecule has 1 heterocycles. The van der Waals surface area contributed by atoms with E-state index in [1.807, 2.05) is 7.05 Å². The molecule has 0 saturated heterocycles. The highest BCUT2D eigenvalue weighted by Gasteiger charge is 2.23. The van der Waals surface area contributed by atoms with Gasteiger partial charge in [-0.2, -0.15) is 0 Å². The van der Waals surface area contributed by atoms with Crippen LogP contribution < -0.4 is 10.2 Å². The molecule has 1 saturated carbocycles. The van der Waals surface area contributed by atoms with Gasteiger partial charge < -0.3 is 15.3 Å². The van der Waals surface area contributed by atoms with Crippen molar-refractivity contribution < 1.29 is 5.11 Å². The number of nitrogens with one attached hydrogen (secondary N) is 1. The van der Waals surface area contributed by atoms with Crippen LogP contribution in [0.4, 0.5) is 11.6 Å². The summed E-state index contributed by atoms with van der Waals surface area (Å²) in [6, 6.07) is 0.503. The Bertz CT molecular complexity index is 352. The van der Waals surface area contributed by atoms with Gasteiger partial charge in [0.1, 0.15) is 11.6 Å². The second kappa shape index (κ2) is 5.82. The van der Waals surface area contributed by atoms with Gasteiger partial charge in [0.25, 0.3) is 0 Å². The minimum absolute atomic E-state index is 0.155. The van der Waals surface area contributed by atoms with E-state index in [1.54, 1.807) is 12.4 Å². The van der Waals surface area contributed by atoms with Gasteiger partial charge in [-0.25, -0.2) is 4.98 Å². The second-order valence-electron chi connectivity index (χ2n) is 4.37. The first-order chi connectivity index (χ1) is 8.35. The molecule has 2 N–H and O–H groups in total. The van der Waals surface area contributed by atoms with E-state index in [-0.39, 0.29) is 6.61 Å². The zero-order valence-electron chi connectivity index (χ0n) is 10.3.